The van der Waals surface area contributed by atoms with Gasteiger partial charge in [0.25, 0.3) is 0 Å². The maximum Gasteiger partial charge on any atom is 0.246 e. The first-order chi connectivity index (χ1) is 13.0. The molecule has 28 heavy (non-hydrogen) atoms. The fourth-order valence-electron chi connectivity index (χ4n) is 3.20. The number of nitrogens with two attached hydrogens (primary N) is 1. The van der Waals surface area contributed by atoms with Crippen molar-refractivity contribution in [3.05, 3.63) is 48.3 Å². The Balaban J connectivity index is 0.00000280. The summed E-state index contributed by atoms with van der Waals surface area (Å²) < 4.78 is 28.9. The summed E-state index contributed by atoms with van der Waals surface area (Å²) in [6.07, 6.45) is 4.24. The van der Waals surface area contributed by atoms with Crippen molar-refractivity contribution in [2.75, 3.05) is 26.2 Å². The van der Waals surface area contributed by atoms with Crippen LogP contribution in [-0.2, 0) is 21.4 Å². The smallest absolute Gasteiger partial charge is 0.246 e. The standard InChI is InChI=1S/C18H25N5O3S.ClH/c19-8-9-20-18(24)16-7-4-10-23(13-16)27(25,26)17-11-21-22(14-17)12-15-5-2-1-3-6-15;/h1-3,5-6,11,14,16H,4,7-10,12-13,19H2,(H,20,24);1H. The Morgan fingerprint density at radius 3 is 2.75 bits per heavy atom. The molecule has 0 saturated carbocycles. The van der Waals surface area contributed by atoms with Crippen LogP contribution >= 0.6 is 12.4 Å². The predicted octanol–water partition coefficient (Wildman–Crippen LogP) is 0.829. The molecule has 1 aromatic carbocycles. The minimum absolute atomic E-state index is 0. The van der Waals surface area contributed by atoms with Crippen molar-refractivity contribution in [1.82, 2.24) is 19.4 Å². The van der Waals surface area contributed by atoms with E-state index in [0.717, 1.165) is 5.56 Å². The third kappa shape index (κ3) is 5.32. The molecular weight excluding hydrogens is 402 g/mol. The van der Waals surface area contributed by atoms with Crippen LogP contribution in [0.3, 0.4) is 0 Å². The van der Waals surface area contributed by atoms with E-state index >= 15 is 0 Å². The molecule has 10 heteroatoms. The highest BCUT2D eigenvalue weighted by Gasteiger charge is 2.33. The van der Waals surface area contributed by atoms with Gasteiger partial charge in [0.1, 0.15) is 4.90 Å². The third-order valence-corrected chi connectivity index (χ3v) is 6.45. The summed E-state index contributed by atoms with van der Waals surface area (Å²) in [7, 11) is -3.68. The molecule has 0 radical (unpaired) electrons. The lowest BCUT2D eigenvalue weighted by atomic mass is 9.99. The summed E-state index contributed by atoms with van der Waals surface area (Å²) in [5.41, 5.74) is 6.45. The summed E-state index contributed by atoms with van der Waals surface area (Å²) in [5.74, 6) is -0.487. The zero-order chi connectivity index (χ0) is 19.3. The Hall–Kier alpha value is -1.94. The number of nitrogens with one attached hydrogen (secondary N) is 1. The van der Waals surface area contributed by atoms with E-state index in [0.29, 0.717) is 39.0 Å². The number of carbonyl (C=O) groups excluding carboxylic acids is 1. The van der Waals surface area contributed by atoms with Crippen LogP contribution in [-0.4, -0.2) is 54.6 Å². The van der Waals surface area contributed by atoms with E-state index in [1.54, 1.807) is 10.9 Å². The molecule has 0 bridgehead atoms. The van der Waals surface area contributed by atoms with Crippen molar-refractivity contribution in [1.29, 1.82) is 0 Å². The summed E-state index contributed by atoms with van der Waals surface area (Å²) in [5, 5.41) is 6.93. The maximum atomic E-state index is 13.0. The minimum atomic E-state index is -3.68. The molecule has 3 rings (SSSR count). The fourth-order valence-corrected chi connectivity index (χ4v) is 4.68. The second kappa shape index (κ2) is 10.0. The lowest BCUT2D eigenvalue weighted by molar-refractivity contribution is -0.126. The van der Waals surface area contributed by atoms with Gasteiger partial charge in [0.15, 0.2) is 0 Å². The molecule has 2 heterocycles. The average Bonchev–Trinajstić information content (AvgIpc) is 3.16. The minimum Gasteiger partial charge on any atom is -0.355 e. The predicted molar refractivity (Wildman–Crippen MR) is 109 cm³/mol. The Bertz CT molecular complexity index is 872. The molecule has 2 aromatic rings. The van der Waals surface area contributed by atoms with Crippen LogP contribution in [0.2, 0.25) is 0 Å². The first-order valence-corrected chi connectivity index (χ1v) is 10.5. The normalized spacial score (nSPS) is 17.7. The van der Waals surface area contributed by atoms with Gasteiger partial charge in [-0.25, -0.2) is 8.42 Å². The summed E-state index contributed by atoms with van der Waals surface area (Å²) in [6.45, 7) is 1.85. The molecule has 3 N–H and O–H groups in total. The Morgan fingerprint density at radius 2 is 2.04 bits per heavy atom. The maximum absolute atomic E-state index is 13.0. The van der Waals surface area contributed by atoms with Crippen LogP contribution in [0, 0.1) is 5.92 Å². The Labute approximate surface area is 171 Å². The summed E-state index contributed by atoms with van der Waals surface area (Å²) >= 11 is 0. The SMILES string of the molecule is Cl.NCCNC(=O)C1CCCN(S(=O)(=O)c2cnn(Cc3ccccc3)c2)C1. The summed E-state index contributed by atoms with van der Waals surface area (Å²) in [6, 6.07) is 9.72. The number of halogens is 1. The van der Waals surface area contributed by atoms with Crippen molar-refractivity contribution >= 4 is 28.3 Å². The molecule has 1 aliphatic rings. The van der Waals surface area contributed by atoms with Gasteiger partial charge in [-0.1, -0.05) is 30.3 Å². The third-order valence-electron chi connectivity index (χ3n) is 4.63. The fraction of sp³-hybridized carbons (Fsp3) is 0.444. The van der Waals surface area contributed by atoms with Gasteiger partial charge >= 0.3 is 0 Å². The lowest BCUT2D eigenvalue weighted by Gasteiger charge is -2.30. The largest absolute Gasteiger partial charge is 0.355 e. The van der Waals surface area contributed by atoms with Crippen molar-refractivity contribution in [3.63, 3.8) is 0 Å². The molecule has 0 aliphatic carbocycles. The highest BCUT2D eigenvalue weighted by atomic mass is 35.5. The molecule has 8 nitrogen and oxygen atoms in total. The van der Waals surface area contributed by atoms with Gasteiger partial charge in [-0.3, -0.25) is 9.48 Å². The second-order valence-electron chi connectivity index (χ2n) is 6.64. The van der Waals surface area contributed by atoms with Gasteiger partial charge in [0.05, 0.1) is 18.7 Å². The molecule has 1 atom stereocenters. The number of rotatable bonds is 7. The number of hydrogen-bond donors (Lipinski definition) is 2. The molecule has 1 unspecified atom stereocenters. The van der Waals surface area contributed by atoms with E-state index in [-0.39, 0.29) is 35.7 Å². The number of carbonyl (C=O) groups is 1. The molecule has 1 saturated heterocycles. The lowest BCUT2D eigenvalue weighted by Crippen LogP contribution is -2.46. The molecule has 154 valence electrons. The van der Waals surface area contributed by atoms with E-state index in [4.69, 9.17) is 5.73 Å². The van der Waals surface area contributed by atoms with Crippen molar-refractivity contribution in [3.8, 4) is 0 Å². The zero-order valence-corrected chi connectivity index (χ0v) is 17.2. The van der Waals surface area contributed by atoms with Crippen molar-refractivity contribution < 1.29 is 13.2 Å². The van der Waals surface area contributed by atoms with E-state index in [2.05, 4.69) is 10.4 Å². The number of nitrogens with zero attached hydrogens (tertiary/aromatic N) is 3. The molecule has 1 aromatic heterocycles. The first kappa shape index (κ1) is 22.4. The number of aromatic nitrogens is 2. The van der Waals surface area contributed by atoms with Gasteiger partial charge in [0.2, 0.25) is 15.9 Å². The molecule has 1 amide bonds. The van der Waals surface area contributed by atoms with Crippen LogP contribution in [0.5, 0.6) is 0 Å². The molecule has 1 aliphatic heterocycles. The molecular formula is C18H26ClN5O3S. The number of amides is 1. The van der Waals surface area contributed by atoms with Gasteiger partial charge < -0.3 is 11.1 Å². The number of benzene rings is 1. The van der Waals surface area contributed by atoms with E-state index in [1.807, 2.05) is 30.3 Å². The van der Waals surface area contributed by atoms with E-state index in [9.17, 15) is 13.2 Å². The number of sulfonamides is 1. The van der Waals surface area contributed by atoms with Crippen molar-refractivity contribution in [2.45, 2.75) is 24.3 Å². The van der Waals surface area contributed by atoms with Gasteiger partial charge in [0, 0.05) is 32.4 Å². The summed E-state index contributed by atoms with van der Waals surface area (Å²) in [4.78, 5) is 12.3. The van der Waals surface area contributed by atoms with Gasteiger partial charge in [-0.2, -0.15) is 9.40 Å². The topological polar surface area (TPSA) is 110 Å². The van der Waals surface area contributed by atoms with Gasteiger partial charge in [-0.05, 0) is 18.4 Å². The van der Waals surface area contributed by atoms with Gasteiger partial charge in [-0.15, -0.1) is 12.4 Å². The van der Waals surface area contributed by atoms with Crippen LogP contribution in [0.4, 0.5) is 0 Å². The Kier molecular flexibility index (Phi) is 7.99. The van der Waals surface area contributed by atoms with Crippen molar-refractivity contribution in [2.24, 2.45) is 11.7 Å². The van der Waals surface area contributed by atoms with E-state index < -0.39 is 10.0 Å². The zero-order valence-electron chi connectivity index (χ0n) is 15.5. The monoisotopic (exact) mass is 427 g/mol. The number of hydrogen-bond acceptors (Lipinski definition) is 5. The Morgan fingerprint density at radius 1 is 1.29 bits per heavy atom. The first-order valence-electron chi connectivity index (χ1n) is 9.05. The molecule has 0 spiro atoms. The molecule has 1 fully saturated rings. The highest BCUT2D eigenvalue weighted by Crippen LogP contribution is 2.23. The van der Waals surface area contributed by atoms with E-state index in [1.165, 1.54) is 10.5 Å². The van der Waals surface area contributed by atoms with Crippen LogP contribution < -0.4 is 11.1 Å². The van der Waals surface area contributed by atoms with Crippen LogP contribution in [0.1, 0.15) is 18.4 Å². The average molecular weight is 428 g/mol. The van der Waals surface area contributed by atoms with Crippen LogP contribution in [0.25, 0.3) is 0 Å². The highest BCUT2D eigenvalue weighted by molar-refractivity contribution is 7.89. The van der Waals surface area contributed by atoms with Crippen LogP contribution in [0.15, 0.2) is 47.6 Å². The number of piperidine rings is 1. The second-order valence-corrected chi connectivity index (χ2v) is 8.58. The quantitative estimate of drug-likeness (QED) is 0.679.